The van der Waals surface area contributed by atoms with Crippen LogP contribution in [0.1, 0.15) is 45.2 Å². The largest absolute Gasteiger partial charge is 0.541 e. The van der Waals surface area contributed by atoms with Gasteiger partial charge in [0.2, 0.25) is 0 Å². The Kier molecular flexibility index (Phi) is 4.60. The maximum absolute atomic E-state index is 6.18. The number of hydrogen-bond donors (Lipinski definition) is 0. The first kappa shape index (κ1) is 18.0. The third kappa shape index (κ3) is 3.70. The molecule has 6 heteroatoms. The van der Waals surface area contributed by atoms with Gasteiger partial charge in [-0.05, 0) is 50.1 Å². The number of thiazole rings is 1. The van der Waals surface area contributed by atoms with Gasteiger partial charge in [0.25, 0.3) is 9.04 Å². The number of hydrogen-bond acceptors (Lipinski definition) is 5. The third-order valence-corrected chi connectivity index (χ3v) is 6.76. The number of thioether (sulfide) groups is 1. The highest BCUT2D eigenvalue weighted by molar-refractivity contribution is 8.16. The van der Waals surface area contributed by atoms with E-state index in [-0.39, 0.29) is 10.2 Å². The summed E-state index contributed by atoms with van der Waals surface area (Å²) in [5, 5.41) is 2.10. The van der Waals surface area contributed by atoms with Crippen LogP contribution in [0.25, 0.3) is 10.2 Å². The van der Waals surface area contributed by atoms with Crippen LogP contribution in [-0.2, 0) is 5.41 Å². The zero-order chi connectivity index (χ0) is 17.7. The molecule has 2 heterocycles. The second-order valence-electron chi connectivity index (χ2n) is 8.08. The Morgan fingerprint density at radius 3 is 2.46 bits per heavy atom. The van der Waals surface area contributed by atoms with Crippen molar-refractivity contribution in [2.45, 2.75) is 57.9 Å². The summed E-state index contributed by atoms with van der Waals surface area (Å²) in [6, 6.07) is 4.45. The Balaban J connectivity index is 2.10. The molecule has 0 amide bonds. The number of aliphatic imine (C=N–C) groups is 1. The minimum absolute atomic E-state index is 0.0897. The van der Waals surface area contributed by atoms with Crippen molar-refractivity contribution in [3.05, 3.63) is 22.7 Å². The van der Waals surface area contributed by atoms with Crippen molar-refractivity contribution in [3.63, 3.8) is 0 Å². The molecule has 0 unspecified atom stereocenters. The number of aromatic nitrogens is 1. The van der Waals surface area contributed by atoms with E-state index in [0.717, 1.165) is 27.9 Å². The van der Waals surface area contributed by atoms with Crippen LogP contribution in [-0.4, -0.2) is 30.4 Å². The van der Waals surface area contributed by atoms with Gasteiger partial charge in [0, 0.05) is 4.75 Å². The lowest BCUT2D eigenvalue weighted by Crippen LogP contribution is -2.15. The summed E-state index contributed by atoms with van der Waals surface area (Å²) in [6.45, 7) is 16.4. The van der Waals surface area contributed by atoms with E-state index in [1.165, 1.54) is 10.3 Å². The van der Waals surface area contributed by atoms with E-state index in [1.807, 2.05) is 11.8 Å². The lowest BCUT2D eigenvalue weighted by atomic mass is 9.87. The first-order chi connectivity index (χ1) is 11.0. The van der Waals surface area contributed by atoms with Gasteiger partial charge in [-0.15, -0.1) is 11.3 Å². The molecule has 1 radical (unpaired) electrons. The number of benzene rings is 1. The van der Waals surface area contributed by atoms with E-state index in [0.29, 0.717) is 0 Å². The summed E-state index contributed by atoms with van der Waals surface area (Å²) in [4.78, 5) is 9.60. The molecular formula is C18H25N2OS2Si. The first-order valence-electron chi connectivity index (χ1n) is 8.22. The zero-order valence-corrected chi connectivity index (χ0v) is 18.1. The summed E-state index contributed by atoms with van der Waals surface area (Å²) < 4.78 is 7.55. The monoisotopic (exact) mass is 377 g/mol. The molecular weight excluding hydrogens is 352 g/mol. The number of nitrogens with zero attached hydrogens (tertiary/aromatic N) is 2. The van der Waals surface area contributed by atoms with E-state index in [9.17, 15) is 0 Å². The highest BCUT2D eigenvalue weighted by atomic mass is 32.2. The minimum atomic E-state index is -0.837. The van der Waals surface area contributed by atoms with Gasteiger partial charge in [0.1, 0.15) is 21.3 Å². The maximum atomic E-state index is 6.18. The third-order valence-electron chi connectivity index (χ3n) is 3.80. The fraction of sp³-hybridized carbons (Fsp3) is 0.556. The van der Waals surface area contributed by atoms with E-state index < -0.39 is 9.04 Å². The Morgan fingerprint density at radius 1 is 1.21 bits per heavy atom. The Hall–Kier alpha value is -0.853. The van der Waals surface area contributed by atoms with Gasteiger partial charge < -0.3 is 4.43 Å². The average molecular weight is 378 g/mol. The summed E-state index contributed by atoms with van der Waals surface area (Å²) in [7, 11) is -0.837. The lowest BCUT2D eigenvalue weighted by molar-refractivity contribution is 0.565. The summed E-state index contributed by atoms with van der Waals surface area (Å²) >= 11 is 3.56. The molecule has 1 aromatic carbocycles. The molecule has 1 aliphatic heterocycles. The van der Waals surface area contributed by atoms with Gasteiger partial charge in [0.15, 0.2) is 0 Å². The van der Waals surface area contributed by atoms with Crippen molar-refractivity contribution in [1.82, 2.24) is 4.98 Å². The van der Waals surface area contributed by atoms with Gasteiger partial charge in [-0.3, -0.25) is 4.99 Å². The molecule has 0 N–H and O–H groups in total. The minimum Gasteiger partial charge on any atom is -0.541 e. The Labute approximate surface area is 154 Å². The van der Waals surface area contributed by atoms with Crippen LogP contribution in [0, 0.1) is 0 Å². The van der Waals surface area contributed by atoms with Crippen LogP contribution in [0.3, 0.4) is 0 Å². The molecule has 0 saturated heterocycles. The van der Waals surface area contributed by atoms with Gasteiger partial charge >= 0.3 is 0 Å². The van der Waals surface area contributed by atoms with Crippen molar-refractivity contribution in [3.8, 4) is 5.75 Å². The van der Waals surface area contributed by atoms with Crippen molar-refractivity contribution in [2.75, 3.05) is 6.54 Å². The molecule has 0 saturated carbocycles. The van der Waals surface area contributed by atoms with Crippen LogP contribution in [0.5, 0.6) is 5.75 Å². The van der Waals surface area contributed by atoms with Crippen LogP contribution in [0.4, 0.5) is 0 Å². The fourth-order valence-corrected chi connectivity index (χ4v) is 5.21. The molecule has 2 aromatic rings. The van der Waals surface area contributed by atoms with E-state index in [1.54, 1.807) is 11.3 Å². The van der Waals surface area contributed by atoms with Gasteiger partial charge in [-0.2, -0.15) is 0 Å². The SMILES string of the molecule is C[Si](C)Oc1cc(C(C)(C)C)cc2sc(C3=NCC(C)(C)S3)nc12. The molecule has 1 aliphatic rings. The van der Waals surface area contributed by atoms with Gasteiger partial charge in [0.05, 0.1) is 11.2 Å². The highest BCUT2D eigenvalue weighted by Gasteiger charge is 2.30. The molecule has 24 heavy (non-hydrogen) atoms. The van der Waals surface area contributed by atoms with Gasteiger partial charge in [-0.1, -0.05) is 32.5 Å². The molecule has 3 rings (SSSR count). The molecule has 0 fully saturated rings. The molecule has 0 aliphatic carbocycles. The van der Waals surface area contributed by atoms with Crippen LogP contribution < -0.4 is 4.43 Å². The normalized spacial score (nSPS) is 17.6. The maximum Gasteiger partial charge on any atom is 0.274 e. The van der Waals surface area contributed by atoms with Crippen molar-refractivity contribution in [2.24, 2.45) is 4.99 Å². The zero-order valence-electron chi connectivity index (χ0n) is 15.5. The topological polar surface area (TPSA) is 34.5 Å². The molecule has 129 valence electrons. The predicted octanol–water partition coefficient (Wildman–Crippen LogP) is 5.50. The quantitative estimate of drug-likeness (QED) is 0.663. The van der Waals surface area contributed by atoms with Crippen molar-refractivity contribution >= 4 is 47.4 Å². The summed E-state index contributed by atoms with van der Waals surface area (Å²) in [5.41, 5.74) is 2.37. The van der Waals surface area contributed by atoms with E-state index in [4.69, 9.17) is 14.4 Å². The second-order valence-corrected chi connectivity index (χ2v) is 12.8. The van der Waals surface area contributed by atoms with E-state index in [2.05, 4.69) is 59.8 Å². The molecule has 0 spiro atoms. The average Bonchev–Trinajstić information content (AvgIpc) is 3.00. The summed E-state index contributed by atoms with van der Waals surface area (Å²) in [5.74, 6) is 0.932. The van der Waals surface area contributed by atoms with Gasteiger partial charge in [-0.25, -0.2) is 4.98 Å². The number of rotatable bonds is 3. The lowest BCUT2D eigenvalue weighted by Gasteiger charge is -2.20. The molecule has 3 nitrogen and oxygen atoms in total. The Morgan fingerprint density at radius 2 is 1.92 bits per heavy atom. The standard InChI is InChI=1S/C18H25N2OS2Si/c1-17(2,3)11-8-12(21-24(6)7)14-13(9-11)22-16(20-14)15-19-10-18(4,5)23-15/h8-9H,10H2,1-7H3. The van der Waals surface area contributed by atoms with Crippen LogP contribution in [0.2, 0.25) is 13.1 Å². The second kappa shape index (κ2) is 6.14. The summed E-state index contributed by atoms with van der Waals surface area (Å²) in [6.07, 6.45) is 0. The van der Waals surface area contributed by atoms with Crippen LogP contribution in [0.15, 0.2) is 17.1 Å². The van der Waals surface area contributed by atoms with E-state index >= 15 is 0 Å². The van der Waals surface area contributed by atoms with Crippen molar-refractivity contribution in [1.29, 1.82) is 0 Å². The highest BCUT2D eigenvalue weighted by Crippen LogP contribution is 2.40. The molecule has 0 bridgehead atoms. The Bertz CT molecular complexity index is 803. The first-order valence-corrected chi connectivity index (χ1v) is 12.3. The van der Waals surface area contributed by atoms with Crippen molar-refractivity contribution < 1.29 is 4.43 Å². The molecule has 0 atom stereocenters. The molecule has 1 aromatic heterocycles. The van der Waals surface area contributed by atoms with Crippen LogP contribution >= 0.6 is 23.1 Å². The fourth-order valence-electron chi connectivity index (χ4n) is 2.52. The number of fused-ring (bicyclic) bond motifs is 1. The smallest absolute Gasteiger partial charge is 0.274 e. The predicted molar refractivity (Wildman–Crippen MR) is 110 cm³/mol.